The predicted octanol–water partition coefficient (Wildman–Crippen LogP) is 9.96. The molecule has 0 fully saturated rings. The minimum atomic E-state index is -1.79. The molecule has 2 atom stereocenters. The van der Waals surface area contributed by atoms with E-state index in [1.807, 2.05) is 0 Å². The molecule has 0 aromatic heterocycles. The van der Waals surface area contributed by atoms with Gasteiger partial charge in [-0.15, -0.1) is 10.0 Å². The smallest absolute Gasteiger partial charge is 0.111 e. The van der Waals surface area contributed by atoms with E-state index < -0.39 is 10.0 Å². The Morgan fingerprint density at radius 2 is 1.07 bits per heavy atom. The lowest BCUT2D eigenvalue weighted by Crippen LogP contribution is -2.37. The van der Waals surface area contributed by atoms with Gasteiger partial charge in [0.15, 0.2) is 0 Å². The number of rotatable bonds is 6. The van der Waals surface area contributed by atoms with Crippen molar-refractivity contribution < 1.29 is 0 Å². The first-order chi connectivity index (χ1) is 21.8. The maximum absolute atomic E-state index is 3.98. The van der Waals surface area contributed by atoms with Crippen LogP contribution in [0.5, 0.6) is 0 Å². The van der Waals surface area contributed by atoms with E-state index in [0.717, 1.165) is 6.54 Å². The van der Waals surface area contributed by atoms with Crippen LogP contribution in [0, 0.1) is 5.92 Å². The summed E-state index contributed by atoms with van der Waals surface area (Å²) in [6.45, 7) is 0.772. The highest BCUT2D eigenvalue weighted by Gasteiger charge is 2.43. The van der Waals surface area contributed by atoms with Crippen LogP contribution < -0.4 is 10.2 Å². The van der Waals surface area contributed by atoms with Gasteiger partial charge in [-0.1, -0.05) is 121 Å². The summed E-state index contributed by atoms with van der Waals surface area (Å²) in [7, 11) is -1.79. The molecule has 3 heteroatoms. The summed E-state index contributed by atoms with van der Waals surface area (Å²) in [4.78, 5) is 7.97. The number of allylic oxidation sites excluding steroid dienone is 3. The zero-order valence-electron chi connectivity index (χ0n) is 24.5. The summed E-state index contributed by atoms with van der Waals surface area (Å²) in [6.07, 6.45) is 11.7. The van der Waals surface area contributed by atoms with Crippen LogP contribution in [0.25, 0.3) is 11.1 Å². The van der Waals surface area contributed by atoms with Crippen LogP contribution in [-0.2, 0) is 0 Å². The maximum atomic E-state index is 3.98. The summed E-state index contributed by atoms with van der Waals surface area (Å²) in [6, 6.07) is 53.4. The number of para-hydroxylation sites is 1. The van der Waals surface area contributed by atoms with Crippen molar-refractivity contribution in [1.82, 2.24) is 5.32 Å². The van der Waals surface area contributed by atoms with E-state index in [4.69, 9.17) is 0 Å². The third-order valence-corrected chi connectivity index (χ3v) is 12.9. The zero-order valence-corrected chi connectivity index (χ0v) is 25.3. The Morgan fingerprint density at radius 3 is 1.70 bits per heavy atom. The van der Waals surface area contributed by atoms with Gasteiger partial charge in [0.2, 0.25) is 0 Å². The van der Waals surface area contributed by atoms with Crippen molar-refractivity contribution in [2.45, 2.75) is 20.7 Å². The fraction of sp³-hybridized carbons (Fsp3) is 0.0732. The molecule has 0 spiro atoms. The van der Waals surface area contributed by atoms with Gasteiger partial charge in [-0.05, 0) is 70.6 Å². The molecule has 5 aromatic rings. The van der Waals surface area contributed by atoms with Crippen LogP contribution in [0.3, 0.4) is 0 Å². The Hall–Kier alpha value is -4.99. The second-order valence-electron chi connectivity index (χ2n) is 11.4. The molecule has 3 aliphatic rings. The molecule has 2 unspecified atom stereocenters. The van der Waals surface area contributed by atoms with Crippen LogP contribution >= 0.6 is 10.0 Å². The molecule has 2 nitrogen and oxygen atoms in total. The molecule has 8 rings (SSSR count). The number of hydrogen-bond acceptors (Lipinski definition) is 2. The van der Waals surface area contributed by atoms with Crippen molar-refractivity contribution in [3.05, 3.63) is 192 Å². The molecule has 0 bridgehead atoms. The fourth-order valence-electron chi connectivity index (χ4n) is 7.00. The fourth-order valence-corrected chi connectivity index (χ4v) is 11.0. The molecule has 1 aliphatic carbocycles. The van der Waals surface area contributed by atoms with Crippen LogP contribution in [0.1, 0.15) is 0 Å². The number of nitrogens with one attached hydrogen (secondary N) is 1. The lowest BCUT2D eigenvalue weighted by Gasteiger charge is -2.45. The van der Waals surface area contributed by atoms with E-state index in [1.54, 1.807) is 0 Å². The molecule has 2 heterocycles. The molecule has 0 radical (unpaired) electrons. The van der Waals surface area contributed by atoms with Gasteiger partial charge in [0.05, 0.1) is 6.04 Å². The van der Waals surface area contributed by atoms with Crippen molar-refractivity contribution >= 4 is 15.7 Å². The average Bonchev–Trinajstić information content (AvgIpc) is 3.44. The minimum Gasteiger partial charge on any atom is -0.367 e. The number of benzene rings is 5. The SMILES string of the molecule is C1=CC2C3=C(NCC(S(c4ccccc4)(c4ccccc4)c4ccc(-c5ccccc5)cc4)=C3)N(c3ccccc3)C2C=C1. The molecule has 5 aromatic carbocycles. The van der Waals surface area contributed by atoms with Crippen molar-refractivity contribution in [3.8, 4) is 11.1 Å². The Labute approximate surface area is 261 Å². The van der Waals surface area contributed by atoms with Gasteiger partial charge in [-0.3, -0.25) is 0 Å². The highest BCUT2D eigenvalue weighted by molar-refractivity contribution is 8.37. The van der Waals surface area contributed by atoms with Gasteiger partial charge in [0.25, 0.3) is 0 Å². The zero-order chi connectivity index (χ0) is 29.3. The van der Waals surface area contributed by atoms with Gasteiger partial charge in [0.1, 0.15) is 5.82 Å². The Morgan fingerprint density at radius 1 is 0.545 bits per heavy atom. The van der Waals surface area contributed by atoms with Crippen molar-refractivity contribution in [3.63, 3.8) is 0 Å². The topological polar surface area (TPSA) is 15.3 Å². The quantitative estimate of drug-likeness (QED) is 0.213. The van der Waals surface area contributed by atoms with Gasteiger partial charge in [0, 0.05) is 38.4 Å². The van der Waals surface area contributed by atoms with E-state index in [2.05, 4.69) is 186 Å². The lowest BCUT2D eigenvalue weighted by atomic mass is 9.90. The first-order valence-electron chi connectivity index (χ1n) is 15.3. The summed E-state index contributed by atoms with van der Waals surface area (Å²) >= 11 is 0. The van der Waals surface area contributed by atoms with Crippen molar-refractivity contribution in [2.75, 3.05) is 11.4 Å². The number of nitrogens with zero attached hydrogens (tertiary/aromatic N) is 1. The summed E-state index contributed by atoms with van der Waals surface area (Å²) in [5.41, 5.74) is 5.06. The molecule has 2 aliphatic heterocycles. The Kier molecular flexibility index (Phi) is 6.81. The maximum Gasteiger partial charge on any atom is 0.111 e. The largest absolute Gasteiger partial charge is 0.367 e. The average molecular weight is 587 g/mol. The number of hydrogen-bond donors (Lipinski definition) is 1. The van der Waals surface area contributed by atoms with Crippen LogP contribution in [0.2, 0.25) is 0 Å². The highest BCUT2D eigenvalue weighted by atomic mass is 32.3. The van der Waals surface area contributed by atoms with Gasteiger partial charge >= 0.3 is 0 Å². The molecular weight excluding hydrogens is 553 g/mol. The highest BCUT2D eigenvalue weighted by Crippen LogP contribution is 2.74. The monoisotopic (exact) mass is 586 g/mol. The van der Waals surface area contributed by atoms with E-state index in [1.165, 1.54) is 47.8 Å². The molecule has 0 amide bonds. The van der Waals surface area contributed by atoms with Gasteiger partial charge < -0.3 is 10.2 Å². The van der Waals surface area contributed by atoms with Crippen LogP contribution in [-0.4, -0.2) is 12.6 Å². The van der Waals surface area contributed by atoms with E-state index in [-0.39, 0.29) is 12.0 Å². The number of dihydropyridines is 1. The molecule has 44 heavy (non-hydrogen) atoms. The first-order valence-corrected chi connectivity index (χ1v) is 16.9. The molecular formula is C41H34N2S. The van der Waals surface area contributed by atoms with E-state index in [0.29, 0.717) is 0 Å². The van der Waals surface area contributed by atoms with Crippen molar-refractivity contribution in [2.24, 2.45) is 5.92 Å². The van der Waals surface area contributed by atoms with E-state index in [9.17, 15) is 0 Å². The number of fused-ring (bicyclic) bond motifs is 2. The molecule has 0 saturated carbocycles. The Balaban J connectivity index is 1.35. The third-order valence-electron chi connectivity index (χ3n) is 8.96. The summed E-state index contributed by atoms with van der Waals surface area (Å²) in [5, 5.41) is 3.98. The van der Waals surface area contributed by atoms with Crippen LogP contribution in [0.4, 0.5) is 5.69 Å². The second-order valence-corrected chi connectivity index (χ2v) is 14.6. The molecule has 214 valence electrons. The normalized spacial score (nSPS) is 19.2. The second kappa shape index (κ2) is 11.3. The Bertz CT molecular complexity index is 1850. The van der Waals surface area contributed by atoms with Gasteiger partial charge in [-0.25, -0.2) is 0 Å². The van der Waals surface area contributed by atoms with Crippen LogP contribution in [0.15, 0.2) is 207 Å². The molecule has 1 N–H and O–H groups in total. The standard InChI is InChI=1S/C41H34N2S/c1-5-15-31(16-6-1)32-25-27-36(28-26-32)44(34-19-9-3-10-20-34,35-21-11-4-12-22-35)37-29-39-38-23-13-14-24-40(38)43(41(39)42-30-37)33-17-7-2-8-18-33/h1-29,38,40,42H,30H2. The number of anilines is 1. The summed E-state index contributed by atoms with van der Waals surface area (Å²) in [5.74, 6) is 1.50. The third kappa shape index (κ3) is 4.35. The van der Waals surface area contributed by atoms with Gasteiger partial charge in [-0.2, -0.15) is 0 Å². The lowest BCUT2D eigenvalue weighted by molar-refractivity contribution is 0.677. The minimum absolute atomic E-state index is 0.249. The van der Waals surface area contributed by atoms with E-state index >= 15 is 0 Å². The first kappa shape index (κ1) is 26.6. The van der Waals surface area contributed by atoms with Crippen molar-refractivity contribution in [1.29, 1.82) is 0 Å². The molecule has 0 saturated heterocycles. The predicted molar refractivity (Wildman–Crippen MR) is 185 cm³/mol. The summed E-state index contributed by atoms with van der Waals surface area (Å²) < 4.78 is 0.